The molecular weight excluding hydrogens is 510 g/mol. The molecule has 5 heterocycles. The maximum atomic E-state index is 14.1. The van der Waals surface area contributed by atoms with Crippen LogP contribution in [0.1, 0.15) is 51.2 Å². The van der Waals surface area contributed by atoms with E-state index in [0.29, 0.717) is 19.5 Å². The SMILES string of the molecule is CC[C@@]1(NC(=O)[C@@H]2C=C3c4cccc5[nH]cc(c45)CC3N(C)C2)O[C@@]2(O)C3CCCN3C(=O)[C@H](C(C)C)N2C1=O. The molecule has 2 aromatic rings. The van der Waals surface area contributed by atoms with E-state index in [1.165, 1.54) is 15.8 Å². The molecule has 0 bridgehead atoms. The van der Waals surface area contributed by atoms with Gasteiger partial charge in [-0.2, -0.15) is 0 Å². The van der Waals surface area contributed by atoms with Crippen LogP contribution in [0.5, 0.6) is 0 Å². The summed E-state index contributed by atoms with van der Waals surface area (Å²) in [5, 5.41) is 16.1. The number of likely N-dealkylation sites (N-methyl/N-ethyl adjacent to an activating group) is 1. The number of ether oxygens (including phenoxy) is 1. The molecule has 10 nitrogen and oxygen atoms in total. The van der Waals surface area contributed by atoms with Gasteiger partial charge in [-0.25, -0.2) is 0 Å². The van der Waals surface area contributed by atoms with Crippen molar-refractivity contribution in [3.05, 3.63) is 41.6 Å². The van der Waals surface area contributed by atoms with Crippen molar-refractivity contribution < 1.29 is 24.2 Å². The van der Waals surface area contributed by atoms with Crippen molar-refractivity contribution in [1.29, 1.82) is 0 Å². The first-order valence-electron chi connectivity index (χ1n) is 14.5. The fourth-order valence-electron chi connectivity index (χ4n) is 7.83. The van der Waals surface area contributed by atoms with Gasteiger partial charge in [0.2, 0.25) is 17.5 Å². The zero-order valence-corrected chi connectivity index (χ0v) is 23.4. The monoisotopic (exact) mass is 547 g/mol. The van der Waals surface area contributed by atoms with E-state index in [1.807, 2.05) is 33.0 Å². The molecule has 1 aliphatic carbocycles. The second kappa shape index (κ2) is 8.64. The molecule has 4 aliphatic heterocycles. The predicted molar refractivity (Wildman–Crippen MR) is 147 cm³/mol. The standard InChI is InChI=1S/C30H37N5O5/c1-5-29(28(38)35-25(16(2)3)27(37)34-11-7-10-23(34)30(35,39)40-29)32-26(36)18-12-20-19-8-6-9-21-24(19)17(14-31-21)13-22(20)33(4)15-18/h6,8-9,12,14,16,18,22-23,25,31,39H,5,7,10-11,13,15H2,1-4H3,(H,32,36)/t18-,22?,23?,25+,29-,30+/m1/s1. The van der Waals surface area contributed by atoms with E-state index < -0.39 is 35.5 Å². The van der Waals surface area contributed by atoms with Gasteiger partial charge in [-0.1, -0.05) is 39.0 Å². The number of fused-ring (bicyclic) bond motifs is 5. The number of aromatic nitrogens is 1. The van der Waals surface area contributed by atoms with Crippen molar-refractivity contribution in [1.82, 2.24) is 25.0 Å². The van der Waals surface area contributed by atoms with Gasteiger partial charge in [0.25, 0.3) is 11.8 Å². The summed E-state index contributed by atoms with van der Waals surface area (Å²) in [7, 11) is 2.03. The fraction of sp³-hybridized carbons (Fsp3) is 0.567. The number of amides is 3. The minimum absolute atomic E-state index is 0.121. The quantitative estimate of drug-likeness (QED) is 0.537. The van der Waals surface area contributed by atoms with Crippen LogP contribution in [0.2, 0.25) is 0 Å². The molecule has 2 unspecified atom stereocenters. The van der Waals surface area contributed by atoms with Crippen LogP contribution in [0.15, 0.2) is 30.5 Å². The van der Waals surface area contributed by atoms with Crippen molar-refractivity contribution in [2.45, 2.75) is 76.2 Å². The Morgan fingerprint density at radius 2 is 2.10 bits per heavy atom. The highest BCUT2D eigenvalue weighted by molar-refractivity contribution is 6.01. The van der Waals surface area contributed by atoms with Crippen molar-refractivity contribution >= 4 is 34.2 Å². The molecule has 0 saturated carbocycles. The Bertz CT molecular complexity index is 1470. The van der Waals surface area contributed by atoms with Gasteiger partial charge in [0, 0.05) is 42.7 Å². The minimum atomic E-state index is -1.99. The van der Waals surface area contributed by atoms with Crippen LogP contribution in [-0.4, -0.2) is 92.4 Å². The fourth-order valence-corrected chi connectivity index (χ4v) is 7.83. The van der Waals surface area contributed by atoms with E-state index in [1.54, 1.807) is 11.8 Å². The molecule has 3 amide bonds. The van der Waals surface area contributed by atoms with Gasteiger partial charge >= 0.3 is 0 Å². The highest BCUT2D eigenvalue weighted by Gasteiger charge is 2.71. The number of hydrogen-bond acceptors (Lipinski definition) is 6. The Kier molecular flexibility index (Phi) is 5.56. The van der Waals surface area contributed by atoms with E-state index in [0.717, 1.165) is 29.5 Å². The smallest absolute Gasteiger partial charge is 0.281 e. The van der Waals surface area contributed by atoms with Gasteiger partial charge in [0.15, 0.2) is 0 Å². The number of aromatic amines is 1. The lowest BCUT2D eigenvalue weighted by Gasteiger charge is -2.49. The van der Waals surface area contributed by atoms with Crippen LogP contribution in [0.3, 0.4) is 0 Å². The van der Waals surface area contributed by atoms with E-state index in [-0.39, 0.29) is 30.2 Å². The van der Waals surface area contributed by atoms with Crippen molar-refractivity contribution in [3.8, 4) is 0 Å². The molecule has 40 heavy (non-hydrogen) atoms. The van der Waals surface area contributed by atoms with Crippen LogP contribution in [-0.2, 0) is 25.5 Å². The van der Waals surface area contributed by atoms with Gasteiger partial charge in [-0.15, -0.1) is 0 Å². The van der Waals surface area contributed by atoms with Crippen molar-refractivity contribution in [3.63, 3.8) is 0 Å². The third kappa shape index (κ3) is 3.30. The van der Waals surface area contributed by atoms with Gasteiger partial charge < -0.3 is 20.3 Å². The van der Waals surface area contributed by atoms with Crippen LogP contribution < -0.4 is 5.32 Å². The summed E-state index contributed by atoms with van der Waals surface area (Å²) in [6, 6.07) is 4.83. The molecule has 1 aromatic carbocycles. The first-order chi connectivity index (χ1) is 19.1. The Morgan fingerprint density at radius 1 is 1.30 bits per heavy atom. The molecule has 0 radical (unpaired) electrons. The third-order valence-corrected chi connectivity index (χ3v) is 9.79. The third-order valence-electron chi connectivity index (χ3n) is 9.79. The summed E-state index contributed by atoms with van der Waals surface area (Å²) in [6.07, 6.45) is 6.34. The van der Waals surface area contributed by atoms with E-state index >= 15 is 0 Å². The molecule has 6 atom stereocenters. The molecule has 3 N–H and O–H groups in total. The normalized spacial score (nSPS) is 35.2. The number of benzene rings is 1. The molecular formula is C30H37N5O5. The number of carbonyl (C=O) groups is 3. The number of hydrogen-bond donors (Lipinski definition) is 3. The topological polar surface area (TPSA) is 118 Å². The summed E-state index contributed by atoms with van der Waals surface area (Å²) in [4.78, 5) is 49.9. The first kappa shape index (κ1) is 25.7. The minimum Gasteiger partial charge on any atom is -0.361 e. The largest absolute Gasteiger partial charge is 0.361 e. The highest BCUT2D eigenvalue weighted by Crippen LogP contribution is 2.48. The zero-order chi connectivity index (χ0) is 28.1. The molecule has 1 aromatic heterocycles. The lowest BCUT2D eigenvalue weighted by atomic mass is 9.79. The Hall–Kier alpha value is -3.21. The number of piperazine rings is 1. The molecule has 212 valence electrons. The van der Waals surface area contributed by atoms with Gasteiger partial charge in [-0.05, 0) is 55.0 Å². The maximum absolute atomic E-state index is 14.1. The average Bonchev–Trinajstić information content (AvgIpc) is 3.64. The predicted octanol–water partition coefficient (Wildman–Crippen LogP) is 1.79. The van der Waals surface area contributed by atoms with Crippen molar-refractivity contribution in [2.75, 3.05) is 20.1 Å². The van der Waals surface area contributed by atoms with Gasteiger partial charge in [-0.3, -0.25) is 28.9 Å². The summed E-state index contributed by atoms with van der Waals surface area (Å²) in [5.41, 5.74) is 2.83. The van der Waals surface area contributed by atoms with Crippen molar-refractivity contribution in [2.24, 2.45) is 11.8 Å². The second-order valence-corrected chi connectivity index (χ2v) is 12.4. The van der Waals surface area contributed by atoms with Crippen LogP contribution in [0.4, 0.5) is 0 Å². The van der Waals surface area contributed by atoms with Gasteiger partial charge in [0.1, 0.15) is 12.1 Å². The number of rotatable bonds is 4. The number of nitrogens with one attached hydrogen (secondary N) is 2. The number of aliphatic hydroxyl groups is 1. The first-order valence-corrected chi connectivity index (χ1v) is 14.5. The summed E-state index contributed by atoms with van der Waals surface area (Å²) in [5.74, 6) is -3.81. The number of nitrogens with zero attached hydrogens (tertiary/aromatic N) is 3. The Labute approximate surface area is 233 Å². The lowest BCUT2D eigenvalue weighted by Crippen LogP contribution is -2.72. The number of H-pyrrole nitrogens is 1. The van der Waals surface area contributed by atoms with E-state index in [4.69, 9.17) is 4.74 Å². The second-order valence-electron chi connectivity index (χ2n) is 12.4. The molecule has 5 aliphatic rings. The molecule has 3 saturated heterocycles. The van der Waals surface area contributed by atoms with E-state index in [2.05, 4.69) is 33.5 Å². The van der Waals surface area contributed by atoms with Crippen LogP contribution in [0, 0.1) is 11.8 Å². The van der Waals surface area contributed by atoms with Crippen LogP contribution >= 0.6 is 0 Å². The highest BCUT2D eigenvalue weighted by atomic mass is 16.7. The average molecular weight is 548 g/mol. The molecule has 7 rings (SSSR count). The molecule has 10 heteroatoms. The van der Waals surface area contributed by atoms with Crippen LogP contribution in [0.25, 0.3) is 16.5 Å². The Balaban J connectivity index is 1.23. The zero-order valence-electron chi connectivity index (χ0n) is 23.4. The lowest BCUT2D eigenvalue weighted by molar-refractivity contribution is -0.319. The van der Waals surface area contributed by atoms with E-state index in [9.17, 15) is 19.5 Å². The summed E-state index contributed by atoms with van der Waals surface area (Å²) < 4.78 is 6.29. The maximum Gasteiger partial charge on any atom is 0.281 e. The number of carbonyl (C=O) groups excluding carboxylic acids is 3. The van der Waals surface area contributed by atoms with Gasteiger partial charge in [0.05, 0.1) is 5.92 Å². The molecule has 3 fully saturated rings. The Morgan fingerprint density at radius 3 is 2.85 bits per heavy atom. The summed E-state index contributed by atoms with van der Waals surface area (Å²) >= 11 is 0. The molecule has 0 spiro atoms. The summed E-state index contributed by atoms with van der Waals surface area (Å²) in [6.45, 7) is 6.48.